The van der Waals surface area contributed by atoms with Crippen LogP contribution in [-0.4, -0.2) is 48.1 Å². The molecule has 0 spiro atoms. The van der Waals surface area contributed by atoms with Gasteiger partial charge in [-0.05, 0) is 31.5 Å². The second kappa shape index (κ2) is 6.44. The number of hydrogen-bond acceptors (Lipinski definition) is 6. The van der Waals surface area contributed by atoms with Crippen LogP contribution in [0.1, 0.15) is 30.7 Å². The predicted molar refractivity (Wildman–Crippen MR) is 96.6 cm³/mol. The van der Waals surface area contributed by atoms with Gasteiger partial charge in [-0.2, -0.15) is 0 Å². The molecule has 2 atom stereocenters. The first-order valence-electron chi connectivity index (χ1n) is 8.58. The number of methoxy groups -OCH3 is 1. The largest absolute Gasteiger partial charge is 0.497 e. The van der Waals surface area contributed by atoms with Crippen LogP contribution in [-0.2, 0) is 11.3 Å². The van der Waals surface area contributed by atoms with Crippen molar-refractivity contribution in [2.75, 3.05) is 25.1 Å². The summed E-state index contributed by atoms with van der Waals surface area (Å²) in [6.45, 7) is 6.53. The van der Waals surface area contributed by atoms with Crippen LogP contribution < -0.4 is 9.64 Å². The summed E-state index contributed by atoms with van der Waals surface area (Å²) in [5.74, 6) is 1.75. The normalized spacial score (nSPS) is 22.5. The number of hydrogen-bond donors (Lipinski definition) is 0. The molecule has 130 valence electrons. The lowest BCUT2D eigenvalue weighted by molar-refractivity contribution is -0.00546. The molecule has 0 bridgehead atoms. The highest BCUT2D eigenvalue weighted by molar-refractivity contribution is 6.14. The minimum atomic E-state index is 0.191. The van der Waals surface area contributed by atoms with Crippen molar-refractivity contribution in [3.63, 3.8) is 0 Å². The van der Waals surface area contributed by atoms with Crippen LogP contribution in [0.5, 0.6) is 5.75 Å². The first-order valence-corrected chi connectivity index (χ1v) is 8.58. The molecule has 2 aromatic rings. The van der Waals surface area contributed by atoms with Gasteiger partial charge < -0.3 is 14.4 Å². The van der Waals surface area contributed by atoms with Crippen molar-refractivity contribution in [3.8, 4) is 5.75 Å². The van der Waals surface area contributed by atoms with Gasteiger partial charge in [0.1, 0.15) is 17.9 Å². The Bertz CT molecular complexity index is 811. The van der Waals surface area contributed by atoms with Gasteiger partial charge in [0.05, 0.1) is 37.3 Å². The van der Waals surface area contributed by atoms with E-state index in [1.54, 1.807) is 13.4 Å². The Balaban J connectivity index is 1.66. The van der Waals surface area contributed by atoms with Crippen molar-refractivity contribution in [1.82, 2.24) is 9.97 Å². The van der Waals surface area contributed by atoms with E-state index in [0.29, 0.717) is 6.54 Å². The van der Waals surface area contributed by atoms with Crippen LogP contribution in [0.25, 0.3) is 0 Å². The molecular weight excluding hydrogens is 316 g/mol. The molecule has 2 aliphatic rings. The molecule has 6 heteroatoms. The van der Waals surface area contributed by atoms with Crippen molar-refractivity contribution >= 4 is 11.5 Å². The molecule has 0 radical (unpaired) electrons. The highest BCUT2D eigenvalue weighted by Crippen LogP contribution is 2.27. The number of benzene rings is 1. The van der Waals surface area contributed by atoms with Crippen LogP contribution in [0.3, 0.4) is 0 Å². The van der Waals surface area contributed by atoms with Crippen LogP contribution in [0.15, 0.2) is 35.6 Å². The van der Waals surface area contributed by atoms with Crippen molar-refractivity contribution < 1.29 is 9.47 Å². The quantitative estimate of drug-likeness (QED) is 0.860. The maximum Gasteiger partial charge on any atom is 0.132 e. The zero-order valence-corrected chi connectivity index (χ0v) is 14.8. The number of nitrogens with zero attached hydrogens (tertiary/aromatic N) is 4. The monoisotopic (exact) mass is 338 g/mol. The van der Waals surface area contributed by atoms with Crippen molar-refractivity contribution in [1.29, 1.82) is 0 Å². The van der Waals surface area contributed by atoms with Crippen LogP contribution in [0, 0.1) is 0 Å². The topological polar surface area (TPSA) is 59.8 Å². The molecule has 2 aliphatic heterocycles. The van der Waals surface area contributed by atoms with E-state index in [2.05, 4.69) is 34.8 Å². The number of aromatic nitrogens is 2. The van der Waals surface area contributed by atoms with Gasteiger partial charge in [-0.15, -0.1) is 0 Å². The average Bonchev–Trinajstić information content (AvgIpc) is 3.04. The zero-order chi connectivity index (χ0) is 17.4. The van der Waals surface area contributed by atoms with E-state index in [-0.39, 0.29) is 12.2 Å². The Morgan fingerprint density at radius 2 is 1.92 bits per heavy atom. The molecular formula is C19H22N4O2. The summed E-state index contributed by atoms with van der Waals surface area (Å²) >= 11 is 0. The summed E-state index contributed by atoms with van der Waals surface area (Å²) in [6.07, 6.45) is 2.00. The fraction of sp³-hybridized carbons (Fsp3) is 0.421. The minimum absolute atomic E-state index is 0.191. The molecule has 0 amide bonds. The number of aliphatic imine (C=N–C) groups is 1. The summed E-state index contributed by atoms with van der Waals surface area (Å²) in [4.78, 5) is 15.9. The maximum atomic E-state index is 5.82. The van der Waals surface area contributed by atoms with Gasteiger partial charge in [0, 0.05) is 24.7 Å². The summed E-state index contributed by atoms with van der Waals surface area (Å²) in [5.41, 5.74) is 4.05. The molecule has 0 aliphatic carbocycles. The van der Waals surface area contributed by atoms with Crippen molar-refractivity contribution in [2.24, 2.45) is 4.99 Å². The second-order valence-electron chi connectivity index (χ2n) is 6.61. The van der Waals surface area contributed by atoms with Crippen LogP contribution in [0.4, 0.5) is 5.82 Å². The Hall–Kier alpha value is -2.47. The lowest BCUT2D eigenvalue weighted by Gasteiger charge is -2.36. The third-order valence-electron chi connectivity index (χ3n) is 4.62. The Morgan fingerprint density at radius 3 is 2.68 bits per heavy atom. The zero-order valence-electron chi connectivity index (χ0n) is 14.8. The molecule has 1 saturated heterocycles. The molecule has 0 N–H and O–H groups in total. The van der Waals surface area contributed by atoms with E-state index >= 15 is 0 Å². The fourth-order valence-corrected chi connectivity index (χ4v) is 3.52. The van der Waals surface area contributed by atoms with Crippen LogP contribution in [0.2, 0.25) is 0 Å². The number of ether oxygens (including phenoxy) is 2. The predicted octanol–water partition coefficient (Wildman–Crippen LogP) is 2.45. The van der Waals surface area contributed by atoms with Crippen molar-refractivity contribution in [2.45, 2.75) is 32.6 Å². The highest BCUT2D eigenvalue weighted by Gasteiger charge is 2.25. The standard InChI is InChI=1S/C19H22N4O2/c1-12-9-23(10-13(2)25-12)18-7-17(21-11-22-18)19-16-6-15(24-3)5-4-14(16)8-20-19/h4-7,11-13H,8-10H2,1-3H3/t12-,13+. The van der Waals surface area contributed by atoms with E-state index in [1.165, 1.54) is 5.56 Å². The smallest absolute Gasteiger partial charge is 0.132 e. The maximum absolute atomic E-state index is 5.82. The lowest BCUT2D eigenvalue weighted by Crippen LogP contribution is -2.45. The first kappa shape index (κ1) is 16.0. The van der Waals surface area contributed by atoms with Gasteiger partial charge in [-0.3, -0.25) is 4.99 Å². The Kier molecular flexibility index (Phi) is 4.13. The molecule has 1 aromatic heterocycles. The van der Waals surface area contributed by atoms with Gasteiger partial charge in [0.2, 0.25) is 0 Å². The van der Waals surface area contributed by atoms with E-state index < -0.39 is 0 Å². The lowest BCUT2D eigenvalue weighted by atomic mass is 10.0. The molecule has 1 aromatic carbocycles. The summed E-state index contributed by atoms with van der Waals surface area (Å²) in [7, 11) is 1.68. The van der Waals surface area contributed by atoms with Crippen molar-refractivity contribution in [3.05, 3.63) is 47.4 Å². The summed E-state index contributed by atoms with van der Waals surface area (Å²) in [6, 6.07) is 8.09. The van der Waals surface area contributed by atoms with E-state index in [0.717, 1.165) is 41.6 Å². The number of anilines is 1. The van der Waals surface area contributed by atoms with Gasteiger partial charge in [-0.25, -0.2) is 9.97 Å². The van der Waals surface area contributed by atoms with E-state index in [9.17, 15) is 0 Å². The number of fused-ring (bicyclic) bond motifs is 1. The van der Waals surface area contributed by atoms with Gasteiger partial charge >= 0.3 is 0 Å². The third kappa shape index (κ3) is 3.09. The number of morpholine rings is 1. The molecule has 25 heavy (non-hydrogen) atoms. The molecule has 6 nitrogen and oxygen atoms in total. The average molecular weight is 338 g/mol. The number of rotatable bonds is 3. The molecule has 4 rings (SSSR count). The highest BCUT2D eigenvalue weighted by atomic mass is 16.5. The third-order valence-corrected chi connectivity index (χ3v) is 4.62. The summed E-state index contributed by atoms with van der Waals surface area (Å²) < 4.78 is 11.2. The molecule has 1 fully saturated rings. The van der Waals surface area contributed by atoms with Crippen LogP contribution >= 0.6 is 0 Å². The minimum Gasteiger partial charge on any atom is -0.497 e. The van der Waals surface area contributed by atoms with E-state index in [4.69, 9.17) is 14.5 Å². The van der Waals surface area contributed by atoms with Gasteiger partial charge in [-0.1, -0.05) is 6.07 Å². The Morgan fingerprint density at radius 1 is 1.12 bits per heavy atom. The second-order valence-corrected chi connectivity index (χ2v) is 6.61. The first-order chi connectivity index (χ1) is 12.1. The molecule has 0 saturated carbocycles. The SMILES string of the molecule is COc1ccc2c(c1)C(c1cc(N3C[C@@H](C)O[C@@H](C)C3)ncn1)=NC2. The molecule has 3 heterocycles. The summed E-state index contributed by atoms with van der Waals surface area (Å²) in [5, 5.41) is 0. The van der Waals surface area contributed by atoms with Gasteiger partial charge in [0.15, 0.2) is 0 Å². The van der Waals surface area contributed by atoms with E-state index in [1.807, 2.05) is 18.2 Å². The van der Waals surface area contributed by atoms with Gasteiger partial charge in [0.25, 0.3) is 0 Å². The molecule has 0 unspecified atom stereocenters. The Labute approximate surface area is 147 Å². The fourth-order valence-electron chi connectivity index (χ4n) is 3.52.